The van der Waals surface area contributed by atoms with E-state index < -0.39 is 36.2 Å². The minimum atomic E-state index is -1.35. The van der Waals surface area contributed by atoms with Crippen molar-refractivity contribution in [2.75, 3.05) is 6.61 Å². The van der Waals surface area contributed by atoms with Gasteiger partial charge in [-0.3, -0.25) is 0 Å². The highest BCUT2D eigenvalue weighted by molar-refractivity contribution is 7.99. The molecule has 0 N–H and O–H groups in total. The lowest BCUT2D eigenvalue weighted by molar-refractivity contribution is -0.313. The van der Waals surface area contributed by atoms with Crippen LogP contribution in [0.25, 0.3) is 0 Å². The van der Waals surface area contributed by atoms with Crippen molar-refractivity contribution < 1.29 is 23.3 Å². The van der Waals surface area contributed by atoms with Gasteiger partial charge in [-0.2, -0.15) is 0 Å². The number of hydrogen-bond donors (Lipinski definition) is 0. The average Bonchev–Trinajstić information content (AvgIpc) is 2.85. The van der Waals surface area contributed by atoms with Gasteiger partial charge in [0, 0.05) is 10.5 Å². The Balaban J connectivity index is 1.35. The first-order valence-electron chi connectivity index (χ1n) is 10.8. The summed E-state index contributed by atoms with van der Waals surface area (Å²) in [4.78, 5) is 0.997. The molecule has 6 heteroatoms. The molecule has 2 heterocycles. The van der Waals surface area contributed by atoms with Crippen molar-refractivity contribution in [1.82, 2.24) is 0 Å². The lowest BCUT2D eigenvalue weighted by atomic mass is 9.99. The van der Waals surface area contributed by atoms with Crippen molar-refractivity contribution in [2.24, 2.45) is 0 Å². The summed E-state index contributed by atoms with van der Waals surface area (Å²) in [5, 5.41) is 0. The molecule has 0 amide bonds. The molecule has 32 heavy (non-hydrogen) atoms. The molecule has 0 spiro atoms. The molecule has 166 valence electrons. The van der Waals surface area contributed by atoms with Gasteiger partial charge in [-0.15, -0.1) is 0 Å². The van der Waals surface area contributed by atoms with Crippen molar-refractivity contribution in [3.05, 3.63) is 102 Å². The first kappa shape index (κ1) is 21.6. The maximum absolute atomic E-state index is 15.9. The van der Waals surface area contributed by atoms with E-state index in [4.69, 9.17) is 18.9 Å². The summed E-state index contributed by atoms with van der Waals surface area (Å²) in [5.41, 5.74) is 1.33. The first-order chi connectivity index (χ1) is 15.8. The molecule has 0 bridgehead atoms. The van der Waals surface area contributed by atoms with Crippen LogP contribution in [0.1, 0.15) is 17.4 Å². The van der Waals surface area contributed by atoms with Crippen LogP contribution in [0.3, 0.4) is 0 Å². The van der Waals surface area contributed by atoms with E-state index in [0.29, 0.717) is 6.61 Å². The van der Waals surface area contributed by atoms with E-state index in [1.54, 1.807) is 0 Å². The molecular weight excluding hydrogens is 427 g/mol. The standard InChI is InChI=1S/C26H25FO4S/c27-22-23-21(17-29-25(31-23)19-12-6-2-7-13-19)30-26(32-20-14-8-3-9-15-20)24(22)28-16-18-10-4-1-5-11-18/h1-15,21-26H,16-17H2/t21-,22+,23-,24-,25?,26+/m1/s1. The van der Waals surface area contributed by atoms with Gasteiger partial charge in [0.2, 0.25) is 0 Å². The van der Waals surface area contributed by atoms with E-state index in [0.717, 1.165) is 16.0 Å². The van der Waals surface area contributed by atoms with E-state index in [9.17, 15) is 0 Å². The molecule has 0 radical (unpaired) electrons. The second-order valence-electron chi connectivity index (χ2n) is 7.86. The van der Waals surface area contributed by atoms with Crippen molar-refractivity contribution in [3.8, 4) is 0 Å². The third kappa shape index (κ3) is 4.90. The molecule has 0 saturated carbocycles. The Morgan fingerprint density at radius 1 is 0.844 bits per heavy atom. The molecule has 2 saturated heterocycles. The van der Waals surface area contributed by atoms with Crippen LogP contribution in [0.4, 0.5) is 4.39 Å². The third-order valence-corrected chi connectivity index (χ3v) is 6.77. The van der Waals surface area contributed by atoms with Gasteiger partial charge in [-0.1, -0.05) is 90.6 Å². The van der Waals surface area contributed by atoms with Crippen LogP contribution in [-0.4, -0.2) is 36.5 Å². The number of benzene rings is 3. The van der Waals surface area contributed by atoms with Gasteiger partial charge in [0.25, 0.3) is 0 Å². The molecular formula is C26H25FO4S. The predicted molar refractivity (Wildman–Crippen MR) is 121 cm³/mol. The highest BCUT2D eigenvalue weighted by Crippen LogP contribution is 2.41. The van der Waals surface area contributed by atoms with Crippen LogP contribution in [0.15, 0.2) is 95.9 Å². The summed E-state index contributed by atoms with van der Waals surface area (Å²) in [6.45, 7) is 0.568. The van der Waals surface area contributed by atoms with Gasteiger partial charge < -0.3 is 18.9 Å². The predicted octanol–water partition coefficient (Wildman–Crippen LogP) is 5.54. The van der Waals surface area contributed by atoms with Gasteiger partial charge in [0.15, 0.2) is 12.5 Å². The Morgan fingerprint density at radius 2 is 1.50 bits per heavy atom. The van der Waals surface area contributed by atoms with E-state index in [1.807, 2.05) is 91.0 Å². The number of fused-ring (bicyclic) bond motifs is 1. The third-order valence-electron chi connectivity index (χ3n) is 5.62. The molecule has 2 aliphatic rings. The fourth-order valence-corrected chi connectivity index (χ4v) is 5.12. The minimum absolute atomic E-state index is 0.266. The molecule has 5 rings (SSSR count). The normalized spacial score (nSPS) is 29.9. The zero-order valence-electron chi connectivity index (χ0n) is 17.5. The highest BCUT2D eigenvalue weighted by atomic mass is 32.2. The van der Waals surface area contributed by atoms with Gasteiger partial charge >= 0.3 is 0 Å². The largest absolute Gasteiger partial charge is 0.367 e. The Bertz CT molecular complexity index is 975. The first-order valence-corrected chi connectivity index (χ1v) is 11.6. The summed E-state index contributed by atoms with van der Waals surface area (Å²) < 4.78 is 40.3. The lowest BCUT2D eigenvalue weighted by Crippen LogP contribution is -2.60. The lowest BCUT2D eigenvalue weighted by Gasteiger charge is -2.46. The van der Waals surface area contributed by atoms with Gasteiger partial charge in [0.05, 0.1) is 13.2 Å². The Morgan fingerprint density at radius 3 is 2.22 bits per heavy atom. The van der Waals surface area contributed by atoms with Crippen LogP contribution in [0.2, 0.25) is 0 Å². The molecule has 2 aliphatic heterocycles. The molecule has 2 fully saturated rings. The van der Waals surface area contributed by atoms with Crippen LogP contribution in [0.5, 0.6) is 0 Å². The van der Waals surface area contributed by atoms with Gasteiger partial charge in [-0.25, -0.2) is 4.39 Å². The van der Waals surface area contributed by atoms with Crippen molar-refractivity contribution in [3.63, 3.8) is 0 Å². The molecule has 3 aromatic rings. The molecule has 0 aromatic heterocycles. The number of ether oxygens (including phenoxy) is 4. The van der Waals surface area contributed by atoms with E-state index >= 15 is 4.39 Å². The molecule has 4 nitrogen and oxygen atoms in total. The SMILES string of the molecule is F[C@@H]1[C@@H](OCc2ccccc2)[C@H](Sc2ccccc2)O[C@@H]2COC(c3ccccc3)O[C@@H]12. The van der Waals surface area contributed by atoms with Crippen LogP contribution >= 0.6 is 11.8 Å². The van der Waals surface area contributed by atoms with Crippen LogP contribution < -0.4 is 0 Å². The molecule has 6 atom stereocenters. The van der Waals surface area contributed by atoms with Crippen LogP contribution in [0, 0.1) is 0 Å². The van der Waals surface area contributed by atoms with E-state index in [2.05, 4.69) is 0 Å². The summed E-state index contributed by atoms with van der Waals surface area (Å²) in [5.74, 6) is 0. The topological polar surface area (TPSA) is 36.9 Å². The summed E-state index contributed by atoms with van der Waals surface area (Å²) in [7, 11) is 0. The number of halogens is 1. The van der Waals surface area contributed by atoms with Crippen molar-refractivity contribution in [2.45, 2.75) is 47.7 Å². The highest BCUT2D eigenvalue weighted by Gasteiger charge is 2.51. The average molecular weight is 453 g/mol. The van der Waals surface area contributed by atoms with Gasteiger partial charge in [0.1, 0.15) is 23.7 Å². The molecule has 3 aromatic carbocycles. The molecule has 1 unspecified atom stereocenters. The van der Waals surface area contributed by atoms with E-state index in [-0.39, 0.29) is 6.61 Å². The maximum atomic E-state index is 15.9. The van der Waals surface area contributed by atoms with Gasteiger partial charge in [-0.05, 0) is 17.7 Å². The zero-order valence-corrected chi connectivity index (χ0v) is 18.3. The number of rotatable bonds is 6. The Kier molecular flexibility index (Phi) is 6.86. The summed E-state index contributed by atoms with van der Waals surface area (Å²) in [6, 6.07) is 29.2. The van der Waals surface area contributed by atoms with Crippen LogP contribution in [-0.2, 0) is 25.6 Å². The maximum Gasteiger partial charge on any atom is 0.184 e. The summed E-state index contributed by atoms with van der Waals surface area (Å²) in [6.07, 6.45) is -4.01. The smallest absolute Gasteiger partial charge is 0.184 e. The quantitative estimate of drug-likeness (QED) is 0.491. The van der Waals surface area contributed by atoms with Crippen molar-refractivity contribution >= 4 is 11.8 Å². The summed E-state index contributed by atoms with van der Waals surface area (Å²) >= 11 is 1.47. The second-order valence-corrected chi connectivity index (χ2v) is 9.03. The Labute approximate surface area is 191 Å². The zero-order chi connectivity index (χ0) is 21.8. The minimum Gasteiger partial charge on any atom is -0.367 e. The monoisotopic (exact) mass is 452 g/mol. The van der Waals surface area contributed by atoms with E-state index in [1.165, 1.54) is 11.8 Å². The fourth-order valence-electron chi connectivity index (χ4n) is 3.98. The number of thioether (sulfide) groups is 1. The number of alkyl halides is 1. The Hall–Kier alpha value is -2.22. The fraction of sp³-hybridized carbons (Fsp3) is 0.308. The number of hydrogen-bond acceptors (Lipinski definition) is 5. The second kappa shape index (κ2) is 10.1. The molecule has 0 aliphatic carbocycles. The van der Waals surface area contributed by atoms with Crippen molar-refractivity contribution in [1.29, 1.82) is 0 Å².